The summed E-state index contributed by atoms with van der Waals surface area (Å²) < 4.78 is 0. The molecule has 70 valence electrons. The highest BCUT2D eigenvalue weighted by atomic mass is 32.1. The molecule has 0 saturated heterocycles. The number of hydrogen-bond acceptors (Lipinski definition) is 1. The topological polar surface area (TPSA) is 0 Å². The van der Waals surface area contributed by atoms with Gasteiger partial charge in [0.25, 0.3) is 0 Å². The van der Waals surface area contributed by atoms with Crippen molar-refractivity contribution in [2.24, 2.45) is 0 Å². The zero-order valence-corrected chi connectivity index (χ0v) is 8.97. The van der Waals surface area contributed by atoms with Crippen molar-refractivity contribution in [1.82, 2.24) is 0 Å². The van der Waals surface area contributed by atoms with E-state index in [1.54, 1.807) is 0 Å². The largest absolute Gasteiger partial charge is 0.0843 e. The molecular weight excluding hydrogens is 188 g/mol. The van der Waals surface area contributed by atoms with Gasteiger partial charge in [-0.3, -0.25) is 0 Å². The second-order valence-electron chi connectivity index (χ2n) is 3.30. The van der Waals surface area contributed by atoms with Crippen molar-refractivity contribution in [3.63, 3.8) is 0 Å². The Hall–Kier alpha value is -1.21. The van der Waals surface area contributed by atoms with Crippen molar-refractivity contribution in [2.45, 2.75) is 13.3 Å². The van der Waals surface area contributed by atoms with Crippen LogP contribution in [0.3, 0.4) is 0 Å². The van der Waals surface area contributed by atoms with Crippen molar-refractivity contribution in [3.8, 4) is 0 Å². The van der Waals surface area contributed by atoms with Gasteiger partial charge in [0, 0.05) is 4.86 Å². The molecule has 2 rings (SSSR count). The highest BCUT2D eigenvalue weighted by Crippen LogP contribution is 2.20. The summed E-state index contributed by atoms with van der Waals surface area (Å²) in [6.07, 6.45) is 0.934. The van der Waals surface area contributed by atoms with Gasteiger partial charge in [0.2, 0.25) is 0 Å². The van der Waals surface area contributed by atoms with Gasteiger partial charge in [-0.25, -0.2) is 0 Å². The van der Waals surface area contributed by atoms with Crippen LogP contribution < -0.4 is 0 Å². The van der Waals surface area contributed by atoms with E-state index in [0.717, 1.165) is 11.3 Å². The minimum atomic E-state index is 0.934. The van der Waals surface area contributed by atoms with Crippen LogP contribution in [0.25, 0.3) is 10.8 Å². The van der Waals surface area contributed by atoms with Crippen molar-refractivity contribution < 1.29 is 0 Å². The van der Waals surface area contributed by atoms with E-state index >= 15 is 0 Å². The van der Waals surface area contributed by atoms with Crippen LogP contribution in [0, 0.1) is 0 Å². The van der Waals surface area contributed by atoms with E-state index in [4.69, 9.17) is 12.2 Å². The van der Waals surface area contributed by atoms with Crippen LogP contribution in [0.2, 0.25) is 0 Å². The number of thiocarbonyl (C=S) groups is 1. The summed E-state index contributed by atoms with van der Waals surface area (Å²) in [5, 5.41) is 2.53. The highest BCUT2D eigenvalue weighted by molar-refractivity contribution is 7.80. The molecule has 2 aromatic rings. The zero-order valence-electron chi connectivity index (χ0n) is 8.16. The molecule has 0 heterocycles. The fourth-order valence-electron chi connectivity index (χ4n) is 1.66. The molecule has 0 aromatic heterocycles. The van der Waals surface area contributed by atoms with Gasteiger partial charge >= 0.3 is 0 Å². The first kappa shape index (κ1) is 9.35. The fraction of sp³-hybridized carbons (Fsp3) is 0.154. The highest BCUT2D eigenvalue weighted by Gasteiger charge is 2.02. The molecule has 0 atom stereocenters. The van der Waals surface area contributed by atoms with Crippen LogP contribution in [0.4, 0.5) is 0 Å². The first-order valence-electron chi connectivity index (χ1n) is 4.84. The van der Waals surface area contributed by atoms with Gasteiger partial charge in [-0.15, -0.1) is 0 Å². The molecule has 0 aliphatic heterocycles. The summed E-state index contributed by atoms with van der Waals surface area (Å²) >= 11 is 5.35. The van der Waals surface area contributed by atoms with E-state index in [2.05, 4.69) is 49.4 Å². The molecule has 1 heteroatoms. The summed E-state index contributed by atoms with van der Waals surface area (Å²) in [6.45, 7) is 2.10. The summed E-state index contributed by atoms with van der Waals surface area (Å²) in [5.74, 6) is 0. The molecule has 0 aliphatic carbocycles. The molecule has 0 spiro atoms. The molecule has 0 amide bonds. The predicted octanol–water partition coefficient (Wildman–Crippen LogP) is 3.97. The molecule has 0 fully saturated rings. The molecule has 0 saturated carbocycles. The Balaban J connectivity index is 2.71. The molecule has 0 nitrogen and oxygen atoms in total. The Morgan fingerprint density at radius 2 is 1.79 bits per heavy atom. The second-order valence-corrected chi connectivity index (χ2v) is 3.80. The Morgan fingerprint density at radius 1 is 1.07 bits per heavy atom. The lowest BCUT2D eigenvalue weighted by molar-refractivity contribution is 1.32. The predicted molar refractivity (Wildman–Crippen MR) is 65.9 cm³/mol. The summed E-state index contributed by atoms with van der Waals surface area (Å²) in [7, 11) is 0. The van der Waals surface area contributed by atoms with Crippen LogP contribution in [0.15, 0.2) is 42.5 Å². The van der Waals surface area contributed by atoms with Crippen molar-refractivity contribution in [3.05, 3.63) is 48.0 Å². The monoisotopic (exact) mass is 200 g/mol. The lowest BCUT2D eigenvalue weighted by atomic mass is 10.0. The maximum atomic E-state index is 5.35. The van der Waals surface area contributed by atoms with E-state index in [1.807, 2.05) is 0 Å². The van der Waals surface area contributed by atoms with Crippen LogP contribution >= 0.6 is 12.2 Å². The smallest absolute Gasteiger partial charge is 0.0228 e. The van der Waals surface area contributed by atoms with Crippen molar-refractivity contribution in [2.75, 3.05) is 0 Å². The lowest BCUT2D eigenvalue weighted by Gasteiger charge is -2.05. The van der Waals surface area contributed by atoms with Gasteiger partial charge in [0.05, 0.1) is 0 Å². The van der Waals surface area contributed by atoms with Gasteiger partial charge in [-0.05, 0) is 22.8 Å². The van der Waals surface area contributed by atoms with Gasteiger partial charge in [-0.2, -0.15) is 0 Å². The minimum absolute atomic E-state index is 0.934. The third-order valence-electron chi connectivity index (χ3n) is 2.41. The number of hydrogen-bond donors (Lipinski definition) is 0. The maximum Gasteiger partial charge on any atom is 0.0228 e. The standard InChI is InChI=1S/C13H12S/c1-2-13(14)12-9-5-7-10-6-3-4-8-11(10)12/h3-9H,2H2,1H3. The van der Waals surface area contributed by atoms with Gasteiger partial charge in [-0.1, -0.05) is 61.6 Å². The molecule has 0 bridgehead atoms. The van der Waals surface area contributed by atoms with Crippen molar-refractivity contribution >= 4 is 27.9 Å². The normalized spacial score (nSPS) is 10.4. The van der Waals surface area contributed by atoms with Gasteiger partial charge in [0.15, 0.2) is 0 Å². The Morgan fingerprint density at radius 3 is 2.57 bits per heavy atom. The van der Waals surface area contributed by atoms with E-state index < -0.39 is 0 Å². The van der Waals surface area contributed by atoms with E-state index in [1.165, 1.54) is 16.3 Å². The number of benzene rings is 2. The Bertz CT molecular complexity index is 466. The third kappa shape index (κ3) is 1.55. The Kier molecular flexibility index (Phi) is 2.60. The summed E-state index contributed by atoms with van der Waals surface area (Å²) in [5.41, 5.74) is 1.21. The number of fused-ring (bicyclic) bond motifs is 1. The first-order chi connectivity index (χ1) is 6.83. The first-order valence-corrected chi connectivity index (χ1v) is 5.24. The van der Waals surface area contributed by atoms with Crippen LogP contribution in [-0.4, -0.2) is 4.86 Å². The van der Waals surface area contributed by atoms with Crippen LogP contribution in [-0.2, 0) is 0 Å². The maximum absolute atomic E-state index is 5.35. The minimum Gasteiger partial charge on any atom is -0.0843 e. The third-order valence-corrected chi connectivity index (χ3v) is 2.92. The average Bonchev–Trinajstić information content (AvgIpc) is 2.27. The van der Waals surface area contributed by atoms with E-state index in [0.29, 0.717) is 0 Å². The van der Waals surface area contributed by atoms with Crippen LogP contribution in [0.5, 0.6) is 0 Å². The summed E-state index contributed by atoms with van der Waals surface area (Å²) in [4.78, 5) is 1.04. The quantitative estimate of drug-likeness (QED) is 0.522. The van der Waals surface area contributed by atoms with Crippen LogP contribution in [0.1, 0.15) is 18.9 Å². The average molecular weight is 200 g/mol. The second kappa shape index (κ2) is 3.89. The molecule has 0 aliphatic rings. The molecule has 14 heavy (non-hydrogen) atoms. The van der Waals surface area contributed by atoms with E-state index in [9.17, 15) is 0 Å². The molecule has 2 aromatic carbocycles. The zero-order chi connectivity index (χ0) is 9.97. The molecule has 0 unspecified atom stereocenters. The van der Waals surface area contributed by atoms with Gasteiger partial charge in [0.1, 0.15) is 0 Å². The molecular formula is C13H12S. The molecule has 0 N–H and O–H groups in total. The molecule has 0 radical (unpaired) electrons. The lowest BCUT2D eigenvalue weighted by Crippen LogP contribution is -1.95. The summed E-state index contributed by atoms with van der Waals surface area (Å²) in [6, 6.07) is 14.7. The van der Waals surface area contributed by atoms with Gasteiger partial charge < -0.3 is 0 Å². The SMILES string of the molecule is CCC(=S)c1cccc2ccccc12. The number of rotatable bonds is 2. The fourth-order valence-corrected chi connectivity index (χ4v) is 1.84. The van der Waals surface area contributed by atoms with Crippen molar-refractivity contribution in [1.29, 1.82) is 0 Å². The Labute approximate surface area is 89.6 Å². The van der Waals surface area contributed by atoms with E-state index in [-0.39, 0.29) is 0 Å².